The van der Waals surface area contributed by atoms with Gasteiger partial charge in [0.25, 0.3) is 5.91 Å². The number of halogens is 1. The number of nitrogens with one attached hydrogen (secondary N) is 2. The lowest BCUT2D eigenvalue weighted by Gasteiger charge is -2.24. The molecule has 6 nitrogen and oxygen atoms in total. The molecule has 0 spiro atoms. The lowest BCUT2D eigenvalue weighted by molar-refractivity contribution is -0.147. The number of amides is 2. The third-order valence-corrected chi connectivity index (χ3v) is 5.80. The molecule has 1 heterocycles. The van der Waals surface area contributed by atoms with Crippen LogP contribution in [0.1, 0.15) is 22.5 Å². The number of benzene rings is 1. The van der Waals surface area contributed by atoms with E-state index in [1.165, 1.54) is 11.3 Å². The molecular formula is C17H15ClN2O4S. The van der Waals surface area contributed by atoms with E-state index in [1.807, 2.05) is 24.3 Å². The van der Waals surface area contributed by atoms with Crippen molar-refractivity contribution in [2.45, 2.75) is 12.8 Å². The lowest BCUT2D eigenvalue weighted by Crippen LogP contribution is -2.47. The summed E-state index contributed by atoms with van der Waals surface area (Å²) in [5.74, 6) is -3.60. The zero-order valence-electron chi connectivity index (χ0n) is 13.0. The summed E-state index contributed by atoms with van der Waals surface area (Å²) in [4.78, 5) is 36.1. The molecule has 3 N–H and O–H groups in total. The van der Waals surface area contributed by atoms with E-state index in [-0.39, 0.29) is 0 Å². The highest BCUT2D eigenvalue weighted by Gasteiger charge is 2.34. The van der Waals surface area contributed by atoms with Crippen LogP contribution in [0.3, 0.4) is 0 Å². The average Bonchev–Trinajstić information content (AvgIpc) is 2.96. The molecule has 8 heteroatoms. The predicted molar refractivity (Wildman–Crippen MR) is 95.4 cm³/mol. The second-order valence-corrected chi connectivity index (χ2v) is 7.11. The summed E-state index contributed by atoms with van der Waals surface area (Å²) in [7, 11) is 0. The number of rotatable bonds is 3. The highest BCUT2D eigenvalue weighted by Crippen LogP contribution is 2.35. The molecule has 3 rings (SSSR count). The second-order valence-electron chi connectivity index (χ2n) is 5.68. The maximum Gasteiger partial charge on any atom is 0.307 e. The van der Waals surface area contributed by atoms with Crippen LogP contribution in [0.5, 0.6) is 0 Å². The standard InChI is InChI=1S/C17H15ClN2O4S/c18-13-11-7-3-4-8-12(11)25-14(13)16(22)20-19-15(21)9-5-1-2-6-10(9)17(23)24/h1-4,7-10H,5-6H2,(H,19,21)(H,20,22)(H,23,24)/t9-,10-/m1/s1. The Kier molecular flexibility index (Phi) is 5.06. The summed E-state index contributed by atoms with van der Waals surface area (Å²) in [5.41, 5.74) is 4.65. The first-order valence-electron chi connectivity index (χ1n) is 7.64. The van der Waals surface area contributed by atoms with Gasteiger partial charge in [-0.05, 0) is 18.9 Å². The molecular weight excluding hydrogens is 364 g/mol. The minimum atomic E-state index is -1.02. The van der Waals surface area contributed by atoms with Crippen molar-refractivity contribution < 1.29 is 19.5 Å². The molecule has 0 bridgehead atoms. The monoisotopic (exact) mass is 378 g/mol. The van der Waals surface area contributed by atoms with Gasteiger partial charge in [-0.15, -0.1) is 11.3 Å². The molecule has 2 amide bonds. The molecule has 2 atom stereocenters. The molecule has 0 radical (unpaired) electrons. The maximum atomic E-state index is 12.3. The van der Waals surface area contributed by atoms with Gasteiger partial charge in [0.05, 0.1) is 16.9 Å². The molecule has 1 aromatic heterocycles. The topological polar surface area (TPSA) is 95.5 Å². The summed E-state index contributed by atoms with van der Waals surface area (Å²) in [6.45, 7) is 0. The quantitative estimate of drug-likeness (QED) is 0.565. The number of carboxylic acid groups (broad SMARTS) is 1. The Bertz CT molecular complexity index is 877. The van der Waals surface area contributed by atoms with Gasteiger partial charge in [0.1, 0.15) is 4.88 Å². The van der Waals surface area contributed by atoms with Crippen LogP contribution >= 0.6 is 22.9 Å². The Hall–Kier alpha value is -2.38. The number of hydrogen-bond donors (Lipinski definition) is 3. The molecule has 130 valence electrons. The third kappa shape index (κ3) is 3.52. The fourth-order valence-electron chi connectivity index (χ4n) is 2.80. The van der Waals surface area contributed by atoms with Crippen LogP contribution in [-0.4, -0.2) is 22.9 Å². The van der Waals surface area contributed by atoms with Crippen molar-refractivity contribution >= 4 is 50.8 Å². The van der Waals surface area contributed by atoms with Gasteiger partial charge < -0.3 is 5.11 Å². The van der Waals surface area contributed by atoms with Crippen LogP contribution in [0.25, 0.3) is 10.1 Å². The highest BCUT2D eigenvalue weighted by atomic mass is 35.5. The summed E-state index contributed by atoms with van der Waals surface area (Å²) >= 11 is 7.45. The zero-order chi connectivity index (χ0) is 18.0. The molecule has 1 aliphatic carbocycles. The van der Waals surface area contributed by atoms with Crippen LogP contribution < -0.4 is 10.9 Å². The fourth-order valence-corrected chi connectivity index (χ4v) is 4.22. The summed E-state index contributed by atoms with van der Waals surface area (Å²) in [5, 5.41) is 10.3. The van der Waals surface area contributed by atoms with Gasteiger partial charge in [-0.2, -0.15) is 0 Å². The van der Waals surface area contributed by atoms with E-state index in [2.05, 4.69) is 10.9 Å². The Morgan fingerprint density at radius 2 is 1.76 bits per heavy atom. The molecule has 25 heavy (non-hydrogen) atoms. The number of allylic oxidation sites excluding steroid dienone is 2. The van der Waals surface area contributed by atoms with E-state index in [9.17, 15) is 19.5 Å². The number of carbonyl (C=O) groups excluding carboxylic acids is 2. The Morgan fingerprint density at radius 3 is 2.44 bits per heavy atom. The van der Waals surface area contributed by atoms with Crippen LogP contribution in [0.15, 0.2) is 36.4 Å². The minimum Gasteiger partial charge on any atom is -0.481 e. The number of fused-ring (bicyclic) bond motifs is 1. The van der Waals surface area contributed by atoms with Crippen molar-refractivity contribution in [3.05, 3.63) is 46.3 Å². The number of aliphatic carboxylic acids is 1. The number of hydrogen-bond acceptors (Lipinski definition) is 4. The number of carboxylic acids is 1. The van der Waals surface area contributed by atoms with E-state index < -0.39 is 29.6 Å². The van der Waals surface area contributed by atoms with E-state index in [0.29, 0.717) is 22.7 Å². The van der Waals surface area contributed by atoms with Gasteiger partial charge in [-0.3, -0.25) is 25.2 Å². The molecule has 0 fully saturated rings. The first-order chi connectivity index (χ1) is 12.0. The van der Waals surface area contributed by atoms with Crippen LogP contribution in [0.4, 0.5) is 0 Å². The summed E-state index contributed by atoms with van der Waals surface area (Å²) in [6, 6.07) is 7.34. The van der Waals surface area contributed by atoms with Gasteiger partial charge in [0.15, 0.2) is 0 Å². The normalized spacial score (nSPS) is 19.6. The van der Waals surface area contributed by atoms with Crippen molar-refractivity contribution in [1.29, 1.82) is 0 Å². The Morgan fingerprint density at radius 1 is 1.08 bits per heavy atom. The van der Waals surface area contributed by atoms with E-state index in [0.717, 1.165) is 10.1 Å². The minimum absolute atomic E-state index is 0.293. The Balaban J connectivity index is 1.69. The average molecular weight is 379 g/mol. The van der Waals surface area contributed by atoms with Crippen molar-refractivity contribution in [2.75, 3.05) is 0 Å². The van der Waals surface area contributed by atoms with Crippen molar-refractivity contribution in [2.24, 2.45) is 11.8 Å². The van der Waals surface area contributed by atoms with E-state index >= 15 is 0 Å². The molecule has 0 saturated carbocycles. The molecule has 0 aliphatic heterocycles. The van der Waals surface area contributed by atoms with Crippen molar-refractivity contribution in [1.82, 2.24) is 10.9 Å². The Labute approximate surface area is 152 Å². The number of thiophene rings is 1. The molecule has 1 aliphatic rings. The largest absolute Gasteiger partial charge is 0.481 e. The third-order valence-electron chi connectivity index (χ3n) is 4.13. The number of hydrazine groups is 1. The predicted octanol–water partition coefficient (Wildman–Crippen LogP) is 2.98. The smallest absolute Gasteiger partial charge is 0.307 e. The zero-order valence-corrected chi connectivity index (χ0v) is 14.6. The summed E-state index contributed by atoms with van der Waals surface area (Å²) in [6.07, 6.45) is 4.14. The highest BCUT2D eigenvalue weighted by molar-refractivity contribution is 7.21. The van der Waals surface area contributed by atoms with Gasteiger partial charge >= 0.3 is 5.97 Å². The van der Waals surface area contributed by atoms with Crippen molar-refractivity contribution in [3.63, 3.8) is 0 Å². The molecule has 0 unspecified atom stereocenters. The molecule has 2 aromatic rings. The van der Waals surface area contributed by atoms with Crippen molar-refractivity contribution in [3.8, 4) is 0 Å². The molecule has 0 saturated heterocycles. The number of carbonyl (C=O) groups is 3. The van der Waals surface area contributed by atoms with E-state index in [1.54, 1.807) is 12.2 Å². The second kappa shape index (κ2) is 7.25. The van der Waals surface area contributed by atoms with Crippen LogP contribution in [0, 0.1) is 11.8 Å². The summed E-state index contributed by atoms with van der Waals surface area (Å²) < 4.78 is 0.868. The van der Waals surface area contributed by atoms with E-state index in [4.69, 9.17) is 11.6 Å². The first kappa shape index (κ1) is 17.4. The SMILES string of the molecule is O=C(NNC(=O)[C@@H]1CC=CC[C@H]1C(=O)O)c1sc2ccccc2c1Cl. The van der Waals surface area contributed by atoms with Gasteiger partial charge in [0, 0.05) is 10.1 Å². The van der Waals surface area contributed by atoms with Crippen LogP contribution in [-0.2, 0) is 9.59 Å². The van der Waals surface area contributed by atoms with Gasteiger partial charge in [-0.1, -0.05) is 42.0 Å². The fraction of sp³-hybridized carbons (Fsp3) is 0.235. The van der Waals surface area contributed by atoms with Gasteiger partial charge in [0.2, 0.25) is 5.91 Å². The first-order valence-corrected chi connectivity index (χ1v) is 8.83. The maximum absolute atomic E-state index is 12.3. The van der Waals surface area contributed by atoms with Gasteiger partial charge in [-0.25, -0.2) is 0 Å². The lowest BCUT2D eigenvalue weighted by atomic mass is 9.82. The molecule has 1 aromatic carbocycles. The van der Waals surface area contributed by atoms with Crippen LogP contribution in [0.2, 0.25) is 5.02 Å².